The number of unbranched alkanes of at least 4 members (excludes halogenated alkanes) is 1. The van der Waals surface area contributed by atoms with Crippen LogP contribution in [0, 0.1) is 4.77 Å². The van der Waals surface area contributed by atoms with Gasteiger partial charge in [0.1, 0.15) is 4.70 Å². The van der Waals surface area contributed by atoms with Crippen LogP contribution in [0.25, 0.3) is 20.3 Å². The maximum Gasteiger partial charge on any atom is 0.272 e. The van der Waals surface area contributed by atoms with Crippen molar-refractivity contribution < 1.29 is 9.53 Å². The number of nitrogens with zero attached hydrogens (tertiary/aromatic N) is 1. The number of hydrogen-bond acceptors (Lipinski definition) is 5. The van der Waals surface area contributed by atoms with Crippen molar-refractivity contribution in [3.8, 4) is 0 Å². The molecule has 148 valence electrons. The molecular formula is C20H23N3O3S2. The predicted molar refractivity (Wildman–Crippen MR) is 115 cm³/mol. The summed E-state index contributed by atoms with van der Waals surface area (Å²) in [6.45, 7) is 1.89. The fourth-order valence-electron chi connectivity index (χ4n) is 3.59. The average molecular weight is 418 g/mol. The van der Waals surface area contributed by atoms with Gasteiger partial charge in [-0.05, 0) is 44.0 Å². The Morgan fingerprint density at radius 3 is 3.04 bits per heavy atom. The number of amides is 1. The smallest absolute Gasteiger partial charge is 0.272 e. The first kappa shape index (κ1) is 19.3. The van der Waals surface area contributed by atoms with Crippen molar-refractivity contribution in [1.82, 2.24) is 14.9 Å². The number of aromatic amines is 1. The van der Waals surface area contributed by atoms with E-state index < -0.39 is 0 Å². The van der Waals surface area contributed by atoms with E-state index in [2.05, 4.69) is 10.3 Å². The predicted octanol–water partition coefficient (Wildman–Crippen LogP) is 3.74. The molecule has 1 amide bonds. The third-order valence-electron chi connectivity index (χ3n) is 5.10. The minimum atomic E-state index is -0.0530. The molecule has 1 aliphatic heterocycles. The zero-order valence-electron chi connectivity index (χ0n) is 15.5. The molecule has 0 bridgehead atoms. The molecule has 0 radical (unpaired) electrons. The van der Waals surface area contributed by atoms with Crippen molar-refractivity contribution in [2.75, 3.05) is 13.2 Å². The topological polar surface area (TPSA) is 76.1 Å². The van der Waals surface area contributed by atoms with Gasteiger partial charge in [-0.15, -0.1) is 11.3 Å². The minimum Gasteiger partial charge on any atom is -0.376 e. The number of ether oxygens (including phenoxy) is 1. The Balaban J connectivity index is 1.37. The first-order valence-corrected chi connectivity index (χ1v) is 10.9. The molecule has 0 spiro atoms. The summed E-state index contributed by atoms with van der Waals surface area (Å²) in [6, 6.07) is 7.93. The molecule has 28 heavy (non-hydrogen) atoms. The second-order valence-corrected chi connectivity index (χ2v) is 8.52. The molecule has 8 heteroatoms. The van der Waals surface area contributed by atoms with Gasteiger partial charge >= 0.3 is 0 Å². The Morgan fingerprint density at radius 1 is 1.36 bits per heavy atom. The van der Waals surface area contributed by atoms with Gasteiger partial charge in [0.15, 0.2) is 4.77 Å². The maximum absolute atomic E-state index is 12.9. The molecule has 6 nitrogen and oxygen atoms in total. The maximum atomic E-state index is 12.9. The molecule has 3 aromatic rings. The fourth-order valence-corrected chi connectivity index (χ4v) is 4.97. The molecule has 1 atom stereocenters. The fraction of sp³-hybridized carbons (Fsp3) is 0.450. The van der Waals surface area contributed by atoms with Gasteiger partial charge in [-0.3, -0.25) is 14.2 Å². The van der Waals surface area contributed by atoms with Crippen molar-refractivity contribution in [1.29, 1.82) is 0 Å². The molecule has 2 aromatic heterocycles. The lowest BCUT2D eigenvalue weighted by Crippen LogP contribution is -2.31. The van der Waals surface area contributed by atoms with E-state index in [1.807, 2.05) is 24.3 Å². The second kappa shape index (κ2) is 8.55. The van der Waals surface area contributed by atoms with Gasteiger partial charge in [-0.1, -0.05) is 18.2 Å². The molecule has 3 heterocycles. The number of thiophene rings is 1. The molecule has 2 N–H and O–H groups in total. The van der Waals surface area contributed by atoms with Crippen LogP contribution in [0.2, 0.25) is 0 Å². The molecule has 0 aliphatic carbocycles. The van der Waals surface area contributed by atoms with E-state index in [9.17, 15) is 9.59 Å². The van der Waals surface area contributed by atoms with Gasteiger partial charge in [0.25, 0.3) is 5.56 Å². The van der Waals surface area contributed by atoms with Gasteiger partial charge in [-0.2, -0.15) is 0 Å². The van der Waals surface area contributed by atoms with E-state index in [-0.39, 0.29) is 17.6 Å². The van der Waals surface area contributed by atoms with Crippen LogP contribution in [0.15, 0.2) is 29.1 Å². The minimum absolute atomic E-state index is 0.0352. The van der Waals surface area contributed by atoms with E-state index in [1.165, 1.54) is 11.3 Å². The first-order chi connectivity index (χ1) is 13.6. The van der Waals surface area contributed by atoms with E-state index in [0.29, 0.717) is 35.4 Å². The van der Waals surface area contributed by atoms with Crippen LogP contribution < -0.4 is 10.9 Å². The van der Waals surface area contributed by atoms with Crippen LogP contribution in [0.3, 0.4) is 0 Å². The van der Waals surface area contributed by atoms with Crippen molar-refractivity contribution in [2.24, 2.45) is 0 Å². The lowest BCUT2D eigenvalue weighted by Gasteiger charge is -2.11. The number of hydrogen-bond donors (Lipinski definition) is 2. The van der Waals surface area contributed by atoms with Crippen molar-refractivity contribution >= 4 is 49.8 Å². The van der Waals surface area contributed by atoms with E-state index >= 15 is 0 Å². The van der Waals surface area contributed by atoms with Gasteiger partial charge in [-0.25, -0.2) is 0 Å². The third-order valence-corrected chi connectivity index (χ3v) is 6.58. The van der Waals surface area contributed by atoms with Crippen molar-refractivity contribution in [2.45, 2.75) is 44.8 Å². The summed E-state index contributed by atoms with van der Waals surface area (Å²) < 4.78 is 9.31. The summed E-state index contributed by atoms with van der Waals surface area (Å²) in [4.78, 5) is 28.1. The first-order valence-electron chi connectivity index (χ1n) is 9.66. The lowest BCUT2D eigenvalue weighted by atomic mass is 10.2. The zero-order chi connectivity index (χ0) is 19.5. The SMILES string of the molecule is O=C(CCCCn1c(=S)[nH]c2c(sc3ccccc32)c1=O)NC[C@@H]1CCCO1. The molecule has 1 aliphatic rings. The van der Waals surface area contributed by atoms with Gasteiger partial charge < -0.3 is 15.0 Å². The van der Waals surface area contributed by atoms with E-state index in [1.54, 1.807) is 4.57 Å². The number of carbonyl (C=O) groups excluding carboxylic acids is 1. The molecular weight excluding hydrogens is 394 g/mol. The number of nitrogens with one attached hydrogen (secondary N) is 2. The molecule has 4 rings (SSSR count). The van der Waals surface area contributed by atoms with Crippen LogP contribution in [0.4, 0.5) is 0 Å². The monoisotopic (exact) mass is 417 g/mol. The van der Waals surface area contributed by atoms with Gasteiger partial charge in [0.05, 0.1) is 11.6 Å². The Morgan fingerprint density at radius 2 is 2.21 bits per heavy atom. The standard InChI is InChI=1S/C20H23N3O3S2/c24-16(21-12-13-6-5-11-26-13)9-3-4-10-23-19(25)18-17(22-20(23)27)14-7-1-2-8-15(14)28-18/h1-2,7-8,13H,3-6,9-12H2,(H,21,24)(H,22,27)/t13-/m0/s1. The van der Waals surface area contributed by atoms with Crippen molar-refractivity contribution in [3.63, 3.8) is 0 Å². The summed E-state index contributed by atoms with van der Waals surface area (Å²) >= 11 is 6.91. The highest BCUT2D eigenvalue weighted by Gasteiger charge is 2.16. The molecule has 0 unspecified atom stereocenters. The van der Waals surface area contributed by atoms with Gasteiger partial charge in [0, 0.05) is 36.2 Å². The number of fused-ring (bicyclic) bond motifs is 3. The number of benzene rings is 1. The molecule has 1 aromatic carbocycles. The lowest BCUT2D eigenvalue weighted by molar-refractivity contribution is -0.121. The number of rotatable bonds is 7. The Bertz CT molecular complexity index is 1110. The van der Waals surface area contributed by atoms with Crippen LogP contribution in [-0.2, 0) is 16.1 Å². The zero-order valence-corrected chi connectivity index (χ0v) is 17.2. The Hall–Kier alpha value is -2.03. The summed E-state index contributed by atoms with van der Waals surface area (Å²) in [5, 5.41) is 3.96. The van der Waals surface area contributed by atoms with Crippen molar-refractivity contribution in [3.05, 3.63) is 39.4 Å². The normalized spacial score (nSPS) is 16.8. The number of carbonyl (C=O) groups is 1. The highest BCUT2D eigenvalue weighted by Crippen LogP contribution is 2.29. The summed E-state index contributed by atoms with van der Waals surface area (Å²) in [7, 11) is 0. The molecule has 0 saturated carbocycles. The van der Waals surface area contributed by atoms with Crippen LogP contribution in [-0.4, -0.2) is 34.7 Å². The van der Waals surface area contributed by atoms with Crippen LogP contribution in [0.1, 0.15) is 32.1 Å². The Labute approximate surface area is 171 Å². The Kier molecular flexibility index (Phi) is 5.89. The number of H-pyrrole nitrogens is 1. The summed E-state index contributed by atoms with van der Waals surface area (Å²) in [6.07, 6.45) is 4.13. The average Bonchev–Trinajstić information content (AvgIpc) is 3.34. The third kappa shape index (κ3) is 4.04. The quantitative estimate of drug-likeness (QED) is 0.454. The van der Waals surface area contributed by atoms with Crippen LogP contribution in [0.5, 0.6) is 0 Å². The summed E-state index contributed by atoms with van der Waals surface area (Å²) in [5.74, 6) is 0.0352. The van der Waals surface area contributed by atoms with Crippen LogP contribution >= 0.6 is 23.6 Å². The highest BCUT2D eigenvalue weighted by atomic mass is 32.1. The number of aromatic nitrogens is 2. The van der Waals surface area contributed by atoms with E-state index in [4.69, 9.17) is 17.0 Å². The van der Waals surface area contributed by atoms with Gasteiger partial charge in [0.2, 0.25) is 5.91 Å². The van der Waals surface area contributed by atoms with E-state index in [0.717, 1.165) is 41.5 Å². The second-order valence-electron chi connectivity index (χ2n) is 7.09. The molecule has 1 fully saturated rings. The molecule has 1 saturated heterocycles. The largest absolute Gasteiger partial charge is 0.376 e. The summed E-state index contributed by atoms with van der Waals surface area (Å²) in [5.41, 5.74) is 0.767. The highest BCUT2D eigenvalue weighted by molar-refractivity contribution is 7.71.